The highest BCUT2D eigenvalue weighted by atomic mass is 127. The summed E-state index contributed by atoms with van der Waals surface area (Å²) in [7, 11) is 1.75. The van der Waals surface area contributed by atoms with Crippen LogP contribution < -0.4 is 15.4 Å². The minimum atomic E-state index is 0. The number of aromatic nitrogens is 1. The predicted octanol–water partition coefficient (Wildman–Crippen LogP) is 3.78. The zero-order valence-corrected chi connectivity index (χ0v) is 20.8. The second-order valence-electron chi connectivity index (χ2n) is 6.69. The van der Waals surface area contributed by atoms with Gasteiger partial charge in [-0.2, -0.15) is 0 Å². The highest BCUT2D eigenvalue weighted by Gasteiger charge is 2.01. The number of unbranched alkanes of at least 4 members (excludes halogenated alkanes) is 1. The first-order chi connectivity index (χ1) is 14.8. The van der Waals surface area contributed by atoms with Crippen LogP contribution in [0.3, 0.4) is 0 Å². The third-order valence-electron chi connectivity index (χ3n) is 4.25. The topological polar surface area (TPSA) is 77.0 Å². The first-order valence-corrected chi connectivity index (χ1v) is 10.5. The Labute approximate surface area is 203 Å². The van der Waals surface area contributed by atoms with Crippen molar-refractivity contribution in [3.05, 3.63) is 59.9 Å². The summed E-state index contributed by atoms with van der Waals surface area (Å²) in [5.74, 6) is 1.55. The normalized spacial score (nSPS) is 11.0. The summed E-state index contributed by atoms with van der Waals surface area (Å²) in [6, 6.07) is 13.8. The lowest BCUT2D eigenvalue weighted by Crippen LogP contribution is -2.38. The molecule has 0 atom stereocenters. The maximum Gasteiger partial charge on any atom is 0.191 e. The number of nitrogens with one attached hydrogen (secondary N) is 2. The summed E-state index contributed by atoms with van der Waals surface area (Å²) in [6.45, 7) is 6.60. The van der Waals surface area contributed by atoms with Gasteiger partial charge in [-0.25, -0.2) is 0 Å². The van der Waals surface area contributed by atoms with Crippen molar-refractivity contribution in [3.8, 4) is 5.75 Å². The number of pyridine rings is 1. The number of halogens is 1. The first-order valence-electron chi connectivity index (χ1n) is 10.5. The molecule has 31 heavy (non-hydrogen) atoms. The highest BCUT2D eigenvalue weighted by Crippen LogP contribution is 2.14. The Morgan fingerprint density at radius 3 is 2.58 bits per heavy atom. The molecule has 0 aliphatic carbocycles. The second-order valence-corrected chi connectivity index (χ2v) is 6.69. The summed E-state index contributed by atoms with van der Waals surface area (Å²) in [4.78, 5) is 8.52. The van der Waals surface area contributed by atoms with E-state index in [1.807, 2.05) is 36.4 Å². The van der Waals surface area contributed by atoms with E-state index in [1.165, 1.54) is 0 Å². The summed E-state index contributed by atoms with van der Waals surface area (Å²) in [5, 5.41) is 6.55. The molecule has 0 radical (unpaired) electrons. The van der Waals surface area contributed by atoms with E-state index in [1.54, 1.807) is 13.2 Å². The van der Waals surface area contributed by atoms with Gasteiger partial charge in [-0.15, -0.1) is 24.0 Å². The van der Waals surface area contributed by atoms with E-state index < -0.39 is 0 Å². The van der Waals surface area contributed by atoms with Gasteiger partial charge in [-0.1, -0.05) is 31.5 Å². The molecule has 8 heteroatoms. The summed E-state index contributed by atoms with van der Waals surface area (Å²) >= 11 is 0. The van der Waals surface area contributed by atoms with E-state index in [0.717, 1.165) is 42.4 Å². The smallest absolute Gasteiger partial charge is 0.191 e. The van der Waals surface area contributed by atoms with Crippen LogP contribution in [0.5, 0.6) is 5.75 Å². The van der Waals surface area contributed by atoms with Gasteiger partial charge in [0.25, 0.3) is 0 Å². The molecule has 172 valence electrons. The fourth-order valence-corrected chi connectivity index (χ4v) is 2.60. The lowest BCUT2D eigenvalue weighted by Gasteiger charge is -2.13. The Morgan fingerprint density at radius 2 is 1.84 bits per heavy atom. The van der Waals surface area contributed by atoms with Gasteiger partial charge in [-0.3, -0.25) is 9.98 Å². The Morgan fingerprint density at radius 1 is 1.00 bits per heavy atom. The van der Waals surface area contributed by atoms with Crippen LogP contribution in [0, 0.1) is 0 Å². The Kier molecular flexibility index (Phi) is 15.5. The highest BCUT2D eigenvalue weighted by molar-refractivity contribution is 14.0. The van der Waals surface area contributed by atoms with Crippen molar-refractivity contribution in [3.63, 3.8) is 0 Å². The van der Waals surface area contributed by atoms with E-state index in [2.05, 4.69) is 33.6 Å². The lowest BCUT2D eigenvalue weighted by atomic mass is 10.2. The second kappa shape index (κ2) is 17.7. The number of ether oxygens (including phenoxy) is 3. The maximum absolute atomic E-state index is 5.84. The fourth-order valence-electron chi connectivity index (χ4n) is 2.60. The van der Waals surface area contributed by atoms with Crippen LogP contribution in [0.4, 0.5) is 0 Å². The molecule has 7 nitrogen and oxygen atoms in total. The standard InChI is InChI=1S/C23H34N4O3.HI/c1-3-4-13-28-15-16-29-14-12-26-23(24-2)27-18-20-8-7-10-22(17-20)30-19-21-9-5-6-11-25-21;/h5-11,17H,3-4,12-16,18-19H2,1-2H3,(H2,24,26,27);1H. The molecule has 0 amide bonds. The number of hydrogen-bond acceptors (Lipinski definition) is 5. The largest absolute Gasteiger partial charge is 0.487 e. The van der Waals surface area contributed by atoms with Crippen LogP contribution in [0.1, 0.15) is 31.0 Å². The van der Waals surface area contributed by atoms with Gasteiger partial charge >= 0.3 is 0 Å². The molecule has 2 N–H and O–H groups in total. The quantitative estimate of drug-likeness (QED) is 0.164. The average Bonchev–Trinajstić information content (AvgIpc) is 2.79. The minimum absolute atomic E-state index is 0. The van der Waals surface area contributed by atoms with Crippen molar-refractivity contribution >= 4 is 29.9 Å². The van der Waals surface area contributed by atoms with Crippen LogP contribution >= 0.6 is 24.0 Å². The summed E-state index contributed by atoms with van der Waals surface area (Å²) in [5.41, 5.74) is 2.01. The zero-order chi connectivity index (χ0) is 21.3. The molecule has 1 aromatic heterocycles. The van der Waals surface area contributed by atoms with E-state index in [9.17, 15) is 0 Å². The van der Waals surface area contributed by atoms with Crippen molar-refractivity contribution < 1.29 is 14.2 Å². The molecule has 2 aromatic rings. The molecule has 0 aliphatic rings. The number of hydrogen-bond donors (Lipinski definition) is 2. The van der Waals surface area contributed by atoms with Gasteiger partial charge in [-0.05, 0) is 36.2 Å². The van der Waals surface area contributed by atoms with Gasteiger partial charge < -0.3 is 24.8 Å². The van der Waals surface area contributed by atoms with E-state index in [0.29, 0.717) is 39.5 Å². The van der Waals surface area contributed by atoms with Gasteiger partial charge in [0.15, 0.2) is 5.96 Å². The molecule has 0 unspecified atom stereocenters. The van der Waals surface area contributed by atoms with Gasteiger partial charge in [0.2, 0.25) is 0 Å². The molecule has 1 heterocycles. The third kappa shape index (κ3) is 12.5. The molecule has 0 saturated heterocycles. The molecule has 0 aliphatic heterocycles. The van der Waals surface area contributed by atoms with E-state index in [-0.39, 0.29) is 24.0 Å². The van der Waals surface area contributed by atoms with Crippen molar-refractivity contribution in [2.24, 2.45) is 4.99 Å². The van der Waals surface area contributed by atoms with Gasteiger partial charge in [0.05, 0.1) is 25.5 Å². The number of guanidine groups is 1. The molecule has 2 rings (SSSR count). The molecule has 0 spiro atoms. The number of benzene rings is 1. The lowest BCUT2D eigenvalue weighted by molar-refractivity contribution is 0.0487. The maximum atomic E-state index is 5.84. The van der Waals surface area contributed by atoms with E-state index >= 15 is 0 Å². The molecular weight excluding hydrogens is 507 g/mol. The van der Waals surface area contributed by atoms with Crippen LogP contribution in [0.15, 0.2) is 53.7 Å². The van der Waals surface area contributed by atoms with Crippen molar-refractivity contribution in [2.45, 2.75) is 32.9 Å². The summed E-state index contributed by atoms with van der Waals surface area (Å²) in [6.07, 6.45) is 4.02. The SMILES string of the molecule is CCCCOCCOCCNC(=NC)NCc1cccc(OCc2ccccn2)c1.I. The van der Waals surface area contributed by atoms with Crippen LogP contribution in [0.2, 0.25) is 0 Å². The molecule has 0 fully saturated rings. The van der Waals surface area contributed by atoms with Crippen LogP contribution in [-0.2, 0) is 22.6 Å². The number of nitrogens with zero attached hydrogens (tertiary/aromatic N) is 2. The van der Waals surface area contributed by atoms with Crippen molar-refractivity contribution in [2.75, 3.05) is 40.0 Å². The average molecular weight is 542 g/mol. The third-order valence-corrected chi connectivity index (χ3v) is 4.25. The first kappa shape index (κ1) is 27.1. The number of aliphatic imine (C=N–C) groups is 1. The predicted molar refractivity (Wildman–Crippen MR) is 135 cm³/mol. The monoisotopic (exact) mass is 542 g/mol. The Hall–Kier alpha value is -1.91. The molecule has 1 aromatic carbocycles. The van der Waals surface area contributed by atoms with Crippen molar-refractivity contribution in [1.82, 2.24) is 15.6 Å². The Bertz CT molecular complexity index is 732. The molecule has 0 bridgehead atoms. The van der Waals surface area contributed by atoms with Gasteiger partial charge in [0.1, 0.15) is 12.4 Å². The van der Waals surface area contributed by atoms with Gasteiger partial charge in [0, 0.05) is 32.9 Å². The molecular formula is C23H35IN4O3. The minimum Gasteiger partial charge on any atom is -0.487 e. The Balaban J connectivity index is 0.00000480. The number of rotatable bonds is 14. The van der Waals surface area contributed by atoms with Crippen LogP contribution in [-0.4, -0.2) is 51.0 Å². The fraction of sp³-hybridized carbons (Fsp3) is 0.478. The van der Waals surface area contributed by atoms with Crippen molar-refractivity contribution in [1.29, 1.82) is 0 Å². The zero-order valence-electron chi connectivity index (χ0n) is 18.5. The van der Waals surface area contributed by atoms with E-state index in [4.69, 9.17) is 14.2 Å². The van der Waals surface area contributed by atoms with Crippen LogP contribution in [0.25, 0.3) is 0 Å². The summed E-state index contributed by atoms with van der Waals surface area (Å²) < 4.78 is 16.9. The molecule has 0 saturated carbocycles.